The molecule has 0 aliphatic heterocycles. The summed E-state index contributed by atoms with van der Waals surface area (Å²) < 4.78 is 2.87. The maximum Gasteiger partial charge on any atom is 0.275 e. The minimum Gasteiger partial charge on any atom is -0.295 e. The van der Waals surface area contributed by atoms with Crippen LogP contribution in [-0.2, 0) is 7.05 Å². The lowest BCUT2D eigenvalue weighted by Crippen LogP contribution is -2.21. The molecule has 6 heteroatoms. The normalized spacial score (nSPS) is 11.2. The molecule has 3 aromatic rings. The number of H-pyrrole nitrogens is 1. The standard InChI is InChI=1S/C15H14ClN3O2/c1-8-4-5-10(6-11(8)16)19-9(2)14-12(7-13(19)20)17-18(3)15(14)21/h4-7,17H,1-3H3. The molecule has 0 aliphatic rings. The molecule has 0 aliphatic carbocycles. The van der Waals surface area contributed by atoms with Gasteiger partial charge in [-0.2, -0.15) is 0 Å². The summed E-state index contributed by atoms with van der Waals surface area (Å²) in [6.45, 7) is 3.65. The Balaban J connectivity index is 2.42. The van der Waals surface area contributed by atoms with Gasteiger partial charge in [0, 0.05) is 23.8 Å². The number of nitrogens with one attached hydrogen (secondary N) is 1. The number of rotatable bonds is 1. The lowest BCUT2D eigenvalue weighted by atomic mass is 10.2. The van der Waals surface area contributed by atoms with Gasteiger partial charge in [-0.15, -0.1) is 0 Å². The lowest BCUT2D eigenvalue weighted by Gasteiger charge is -2.11. The van der Waals surface area contributed by atoms with Crippen molar-refractivity contribution >= 4 is 22.5 Å². The van der Waals surface area contributed by atoms with Crippen LogP contribution >= 0.6 is 11.6 Å². The van der Waals surface area contributed by atoms with E-state index in [0.29, 0.717) is 27.3 Å². The van der Waals surface area contributed by atoms with E-state index in [4.69, 9.17) is 11.6 Å². The SMILES string of the molecule is Cc1ccc(-n2c(C)c3c(=O)n(C)[nH]c3cc2=O)cc1Cl. The van der Waals surface area contributed by atoms with Crippen LogP contribution in [0.15, 0.2) is 33.9 Å². The van der Waals surface area contributed by atoms with E-state index in [1.807, 2.05) is 19.1 Å². The molecule has 0 fully saturated rings. The van der Waals surface area contributed by atoms with Crippen LogP contribution in [0.3, 0.4) is 0 Å². The van der Waals surface area contributed by atoms with E-state index in [1.165, 1.54) is 15.3 Å². The summed E-state index contributed by atoms with van der Waals surface area (Å²) in [6, 6.07) is 6.83. The monoisotopic (exact) mass is 303 g/mol. The Morgan fingerprint density at radius 1 is 1.14 bits per heavy atom. The van der Waals surface area contributed by atoms with E-state index in [0.717, 1.165) is 5.56 Å². The summed E-state index contributed by atoms with van der Waals surface area (Å²) in [5.41, 5.74) is 2.36. The van der Waals surface area contributed by atoms with Crippen molar-refractivity contribution in [3.63, 3.8) is 0 Å². The highest BCUT2D eigenvalue weighted by Crippen LogP contribution is 2.21. The maximum absolute atomic E-state index is 12.4. The Hall–Kier alpha value is -2.27. The Labute approximate surface area is 125 Å². The topological polar surface area (TPSA) is 59.8 Å². The molecular formula is C15H14ClN3O2. The molecular weight excluding hydrogens is 290 g/mol. The summed E-state index contributed by atoms with van der Waals surface area (Å²) in [4.78, 5) is 24.5. The number of aromatic nitrogens is 3. The Bertz CT molecular complexity index is 979. The second-order valence-corrected chi connectivity index (χ2v) is 5.51. The molecule has 0 bridgehead atoms. The van der Waals surface area contributed by atoms with Gasteiger partial charge in [-0.05, 0) is 31.5 Å². The first kappa shape index (κ1) is 13.7. The van der Waals surface area contributed by atoms with Crippen molar-refractivity contribution in [2.45, 2.75) is 13.8 Å². The third-order valence-electron chi connectivity index (χ3n) is 3.68. The first-order valence-electron chi connectivity index (χ1n) is 6.48. The molecule has 2 aromatic heterocycles. The third-order valence-corrected chi connectivity index (χ3v) is 4.08. The third kappa shape index (κ3) is 2.01. The number of fused-ring (bicyclic) bond motifs is 1. The van der Waals surface area contributed by atoms with Crippen LogP contribution in [0, 0.1) is 13.8 Å². The molecule has 0 amide bonds. The second kappa shape index (κ2) is 4.63. The predicted molar refractivity (Wildman–Crippen MR) is 83.6 cm³/mol. The highest BCUT2D eigenvalue weighted by atomic mass is 35.5. The lowest BCUT2D eigenvalue weighted by molar-refractivity contribution is 0.751. The Kier molecular flexibility index (Phi) is 3.02. The zero-order chi connectivity index (χ0) is 15.3. The van der Waals surface area contributed by atoms with Crippen molar-refractivity contribution in [3.8, 4) is 5.69 Å². The van der Waals surface area contributed by atoms with Gasteiger partial charge in [0.15, 0.2) is 0 Å². The van der Waals surface area contributed by atoms with Gasteiger partial charge >= 0.3 is 0 Å². The summed E-state index contributed by atoms with van der Waals surface area (Å²) in [5, 5.41) is 3.96. The van der Waals surface area contributed by atoms with E-state index < -0.39 is 0 Å². The van der Waals surface area contributed by atoms with E-state index in [1.54, 1.807) is 20.0 Å². The summed E-state index contributed by atoms with van der Waals surface area (Å²) in [7, 11) is 1.62. The van der Waals surface area contributed by atoms with Crippen LogP contribution in [0.4, 0.5) is 0 Å². The fraction of sp³-hybridized carbons (Fsp3) is 0.200. The Morgan fingerprint density at radius 3 is 2.52 bits per heavy atom. The van der Waals surface area contributed by atoms with Gasteiger partial charge in [-0.3, -0.25) is 23.9 Å². The second-order valence-electron chi connectivity index (χ2n) is 5.10. The smallest absolute Gasteiger partial charge is 0.275 e. The molecule has 0 radical (unpaired) electrons. The number of aryl methyl sites for hydroxylation is 3. The van der Waals surface area contributed by atoms with Gasteiger partial charge in [0.25, 0.3) is 11.1 Å². The van der Waals surface area contributed by atoms with Crippen LogP contribution < -0.4 is 11.1 Å². The van der Waals surface area contributed by atoms with E-state index in [2.05, 4.69) is 5.10 Å². The summed E-state index contributed by atoms with van der Waals surface area (Å²) in [5.74, 6) is 0. The molecule has 0 unspecified atom stereocenters. The zero-order valence-corrected chi connectivity index (χ0v) is 12.7. The minimum atomic E-state index is -0.207. The maximum atomic E-state index is 12.4. The quantitative estimate of drug-likeness (QED) is 0.750. The van der Waals surface area contributed by atoms with Gasteiger partial charge in [-0.25, -0.2) is 0 Å². The number of halogens is 1. The molecule has 1 N–H and O–H groups in total. The van der Waals surface area contributed by atoms with Gasteiger partial charge in [0.1, 0.15) is 0 Å². The molecule has 5 nitrogen and oxygen atoms in total. The number of hydrogen-bond donors (Lipinski definition) is 1. The van der Waals surface area contributed by atoms with Crippen molar-refractivity contribution < 1.29 is 0 Å². The van der Waals surface area contributed by atoms with Gasteiger partial charge < -0.3 is 0 Å². The van der Waals surface area contributed by atoms with Gasteiger partial charge in [0.2, 0.25) is 0 Å². The molecule has 108 valence electrons. The largest absolute Gasteiger partial charge is 0.295 e. The van der Waals surface area contributed by atoms with Crippen LogP contribution in [0.5, 0.6) is 0 Å². The fourth-order valence-corrected chi connectivity index (χ4v) is 2.71. The molecule has 1 aromatic carbocycles. The highest BCUT2D eigenvalue weighted by Gasteiger charge is 2.14. The van der Waals surface area contributed by atoms with Gasteiger partial charge in [-0.1, -0.05) is 17.7 Å². The Morgan fingerprint density at radius 2 is 1.86 bits per heavy atom. The minimum absolute atomic E-state index is 0.158. The number of hydrogen-bond acceptors (Lipinski definition) is 2. The van der Waals surface area contributed by atoms with Crippen molar-refractivity contribution in [3.05, 3.63) is 61.3 Å². The molecule has 0 spiro atoms. The van der Waals surface area contributed by atoms with Crippen LogP contribution in [-0.4, -0.2) is 14.3 Å². The molecule has 0 atom stereocenters. The molecule has 3 rings (SSSR count). The van der Waals surface area contributed by atoms with E-state index in [9.17, 15) is 9.59 Å². The number of pyridine rings is 1. The number of benzene rings is 1. The van der Waals surface area contributed by atoms with Crippen molar-refractivity contribution in [2.24, 2.45) is 7.05 Å². The van der Waals surface area contributed by atoms with Crippen molar-refractivity contribution in [1.29, 1.82) is 0 Å². The molecule has 0 saturated carbocycles. The summed E-state index contributed by atoms with van der Waals surface area (Å²) in [6.07, 6.45) is 0. The average Bonchev–Trinajstić information content (AvgIpc) is 2.69. The van der Waals surface area contributed by atoms with E-state index in [-0.39, 0.29) is 11.1 Å². The van der Waals surface area contributed by atoms with E-state index >= 15 is 0 Å². The predicted octanol–water partition coefficient (Wildman–Crippen LogP) is 2.29. The molecule has 2 heterocycles. The van der Waals surface area contributed by atoms with Crippen molar-refractivity contribution in [1.82, 2.24) is 14.3 Å². The summed E-state index contributed by atoms with van der Waals surface area (Å²) >= 11 is 6.13. The number of aromatic amines is 1. The first-order chi connectivity index (χ1) is 9.90. The fourth-order valence-electron chi connectivity index (χ4n) is 2.53. The molecule has 0 saturated heterocycles. The van der Waals surface area contributed by atoms with Crippen LogP contribution in [0.2, 0.25) is 5.02 Å². The van der Waals surface area contributed by atoms with Crippen molar-refractivity contribution in [2.75, 3.05) is 0 Å². The average molecular weight is 304 g/mol. The first-order valence-corrected chi connectivity index (χ1v) is 6.86. The van der Waals surface area contributed by atoms with Crippen LogP contribution in [0.25, 0.3) is 16.6 Å². The molecule has 21 heavy (non-hydrogen) atoms. The van der Waals surface area contributed by atoms with Crippen LogP contribution in [0.1, 0.15) is 11.3 Å². The highest BCUT2D eigenvalue weighted by molar-refractivity contribution is 6.31. The van der Waals surface area contributed by atoms with Gasteiger partial charge in [0.05, 0.1) is 16.6 Å². The number of nitrogens with zero attached hydrogens (tertiary/aromatic N) is 2. The zero-order valence-electron chi connectivity index (χ0n) is 11.9.